The van der Waals surface area contributed by atoms with Gasteiger partial charge >= 0.3 is 0 Å². The van der Waals surface area contributed by atoms with Gasteiger partial charge < -0.3 is 10.5 Å². The van der Waals surface area contributed by atoms with Gasteiger partial charge in [0.25, 0.3) is 0 Å². The van der Waals surface area contributed by atoms with Gasteiger partial charge in [-0.1, -0.05) is 23.7 Å². The molecule has 2 aromatic rings. The quantitative estimate of drug-likeness (QED) is 0.938. The number of carbonyl (C=O) groups excluding carboxylic acids is 1. The van der Waals surface area contributed by atoms with Gasteiger partial charge in [-0.3, -0.25) is 4.79 Å². The average molecular weight is 294 g/mol. The zero-order valence-corrected chi connectivity index (χ0v) is 11.6. The van der Waals surface area contributed by atoms with Gasteiger partial charge in [0.05, 0.1) is 0 Å². The van der Waals surface area contributed by atoms with Crippen molar-refractivity contribution < 1.29 is 13.9 Å². The highest BCUT2D eigenvalue weighted by atomic mass is 35.5. The smallest absolute Gasteiger partial charge is 0.248 e. The molecule has 0 spiro atoms. The molecule has 2 aromatic carbocycles. The van der Waals surface area contributed by atoms with Crippen LogP contribution in [0, 0.1) is 12.7 Å². The summed E-state index contributed by atoms with van der Waals surface area (Å²) in [5.74, 6) is -0.444. The highest BCUT2D eigenvalue weighted by molar-refractivity contribution is 6.31. The highest BCUT2D eigenvalue weighted by Gasteiger charge is 2.07. The fourth-order valence-electron chi connectivity index (χ4n) is 1.64. The van der Waals surface area contributed by atoms with Crippen molar-refractivity contribution in [3.05, 3.63) is 63.9 Å². The second kappa shape index (κ2) is 5.92. The third-order valence-electron chi connectivity index (χ3n) is 2.88. The van der Waals surface area contributed by atoms with Crippen LogP contribution in [0.4, 0.5) is 4.39 Å². The van der Waals surface area contributed by atoms with E-state index in [4.69, 9.17) is 22.1 Å². The predicted molar refractivity (Wildman–Crippen MR) is 75.4 cm³/mol. The zero-order valence-electron chi connectivity index (χ0n) is 10.8. The number of carbonyl (C=O) groups is 1. The standard InChI is InChI=1S/C15H13ClFNO2/c1-9-2-5-12(7-14(9)17)20-8-11-4-3-10(15(18)19)6-13(11)16/h2-7H,8H2,1H3,(H2,18,19). The van der Waals surface area contributed by atoms with Crippen molar-refractivity contribution in [3.63, 3.8) is 0 Å². The van der Waals surface area contributed by atoms with Crippen molar-refractivity contribution in [3.8, 4) is 5.75 Å². The van der Waals surface area contributed by atoms with Crippen LogP contribution >= 0.6 is 11.6 Å². The van der Waals surface area contributed by atoms with Crippen LogP contribution in [0.1, 0.15) is 21.5 Å². The van der Waals surface area contributed by atoms with Crippen LogP contribution in [-0.4, -0.2) is 5.91 Å². The fourth-order valence-corrected chi connectivity index (χ4v) is 1.88. The molecule has 3 nitrogen and oxygen atoms in total. The second-order valence-corrected chi connectivity index (χ2v) is 4.78. The fraction of sp³-hybridized carbons (Fsp3) is 0.133. The molecule has 0 radical (unpaired) electrons. The van der Waals surface area contributed by atoms with Gasteiger partial charge in [0.2, 0.25) is 5.91 Å². The van der Waals surface area contributed by atoms with E-state index in [0.29, 0.717) is 27.5 Å². The Bertz CT molecular complexity index is 658. The molecule has 0 bridgehead atoms. The summed E-state index contributed by atoms with van der Waals surface area (Å²) in [6, 6.07) is 9.36. The normalized spacial score (nSPS) is 10.3. The Labute approximate surface area is 121 Å². The molecule has 0 saturated carbocycles. The van der Waals surface area contributed by atoms with E-state index in [1.807, 2.05) is 0 Å². The molecule has 0 fully saturated rings. The van der Waals surface area contributed by atoms with Crippen molar-refractivity contribution >= 4 is 17.5 Å². The maximum atomic E-state index is 13.4. The van der Waals surface area contributed by atoms with Crippen molar-refractivity contribution in [2.24, 2.45) is 5.73 Å². The SMILES string of the molecule is Cc1ccc(OCc2ccc(C(N)=O)cc2Cl)cc1F. The minimum absolute atomic E-state index is 0.181. The van der Waals surface area contributed by atoms with Crippen molar-refractivity contribution in [1.29, 1.82) is 0 Å². The van der Waals surface area contributed by atoms with E-state index in [-0.39, 0.29) is 12.4 Å². The number of benzene rings is 2. The molecule has 0 aliphatic rings. The Kier molecular flexibility index (Phi) is 4.25. The summed E-state index contributed by atoms with van der Waals surface area (Å²) in [4.78, 5) is 11.0. The van der Waals surface area contributed by atoms with E-state index in [0.717, 1.165) is 0 Å². The first-order valence-electron chi connectivity index (χ1n) is 5.94. The van der Waals surface area contributed by atoms with Crippen LogP contribution in [0.3, 0.4) is 0 Å². The number of nitrogens with two attached hydrogens (primary N) is 1. The van der Waals surface area contributed by atoms with Crippen LogP contribution in [-0.2, 0) is 6.61 Å². The van der Waals surface area contributed by atoms with Gasteiger partial charge in [0.15, 0.2) is 0 Å². The largest absolute Gasteiger partial charge is 0.489 e. The molecule has 0 aliphatic heterocycles. The van der Waals surface area contributed by atoms with E-state index >= 15 is 0 Å². The number of ether oxygens (including phenoxy) is 1. The molecule has 20 heavy (non-hydrogen) atoms. The first-order chi connectivity index (χ1) is 9.47. The predicted octanol–water partition coefficient (Wildman–Crippen LogP) is 3.47. The van der Waals surface area contributed by atoms with Crippen LogP contribution in [0.15, 0.2) is 36.4 Å². The first-order valence-corrected chi connectivity index (χ1v) is 6.32. The summed E-state index contributed by atoms with van der Waals surface area (Å²) in [5, 5.41) is 0.383. The van der Waals surface area contributed by atoms with Gasteiger partial charge in [0.1, 0.15) is 18.2 Å². The third kappa shape index (κ3) is 3.27. The Morgan fingerprint density at radius 2 is 2.05 bits per heavy atom. The van der Waals surface area contributed by atoms with Crippen molar-refractivity contribution in [2.45, 2.75) is 13.5 Å². The van der Waals surface area contributed by atoms with Crippen molar-refractivity contribution in [1.82, 2.24) is 0 Å². The summed E-state index contributed by atoms with van der Waals surface area (Å²) in [7, 11) is 0. The number of hydrogen-bond acceptors (Lipinski definition) is 2. The molecule has 0 heterocycles. The Balaban J connectivity index is 2.10. The van der Waals surface area contributed by atoms with Gasteiger partial charge in [-0.2, -0.15) is 0 Å². The van der Waals surface area contributed by atoms with E-state index in [1.165, 1.54) is 12.1 Å². The Hall–Kier alpha value is -2.07. The first kappa shape index (κ1) is 14.3. The Morgan fingerprint density at radius 3 is 2.65 bits per heavy atom. The molecular formula is C15H13ClFNO2. The number of hydrogen-bond donors (Lipinski definition) is 1. The molecule has 2 N–H and O–H groups in total. The molecule has 0 atom stereocenters. The van der Waals surface area contributed by atoms with Crippen LogP contribution in [0.5, 0.6) is 5.75 Å². The lowest BCUT2D eigenvalue weighted by Crippen LogP contribution is -2.11. The molecule has 0 saturated heterocycles. The molecule has 5 heteroatoms. The van der Waals surface area contributed by atoms with Crippen molar-refractivity contribution in [2.75, 3.05) is 0 Å². The van der Waals surface area contributed by atoms with E-state index in [2.05, 4.69) is 0 Å². The van der Waals surface area contributed by atoms with Crippen LogP contribution < -0.4 is 10.5 Å². The monoisotopic (exact) mass is 293 g/mol. The number of rotatable bonds is 4. The molecule has 0 aromatic heterocycles. The number of primary amides is 1. The Morgan fingerprint density at radius 1 is 1.30 bits per heavy atom. The third-order valence-corrected chi connectivity index (χ3v) is 3.23. The second-order valence-electron chi connectivity index (χ2n) is 4.37. The van der Waals surface area contributed by atoms with E-state index in [1.54, 1.807) is 31.2 Å². The molecule has 2 rings (SSSR count). The van der Waals surface area contributed by atoms with Crippen LogP contribution in [0.25, 0.3) is 0 Å². The number of aryl methyl sites for hydroxylation is 1. The molecule has 1 amide bonds. The summed E-state index contributed by atoms with van der Waals surface area (Å²) < 4.78 is 18.8. The summed E-state index contributed by atoms with van der Waals surface area (Å²) in [6.45, 7) is 1.86. The minimum Gasteiger partial charge on any atom is -0.489 e. The molecule has 104 valence electrons. The van der Waals surface area contributed by atoms with Gasteiger partial charge in [0, 0.05) is 22.2 Å². The average Bonchev–Trinajstić information content (AvgIpc) is 2.41. The van der Waals surface area contributed by atoms with E-state index < -0.39 is 5.91 Å². The molecular weight excluding hydrogens is 281 g/mol. The topological polar surface area (TPSA) is 52.3 Å². The summed E-state index contributed by atoms with van der Waals surface area (Å²) in [5.41, 5.74) is 6.74. The molecule has 0 unspecified atom stereocenters. The summed E-state index contributed by atoms with van der Waals surface area (Å²) in [6.07, 6.45) is 0. The minimum atomic E-state index is -0.542. The summed E-state index contributed by atoms with van der Waals surface area (Å²) >= 11 is 6.03. The van der Waals surface area contributed by atoms with Crippen LogP contribution in [0.2, 0.25) is 5.02 Å². The number of halogens is 2. The van der Waals surface area contributed by atoms with E-state index in [9.17, 15) is 9.18 Å². The molecule has 0 aliphatic carbocycles. The lowest BCUT2D eigenvalue weighted by Gasteiger charge is -2.09. The lowest BCUT2D eigenvalue weighted by atomic mass is 10.1. The highest BCUT2D eigenvalue weighted by Crippen LogP contribution is 2.21. The maximum absolute atomic E-state index is 13.4. The maximum Gasteiger partial charge on any atom is 0.248 e. The lowest BCUT2D eigenvalue weighted by molar-refractivity contribution is 0.1000. The van der Waals surface area contributed by atoms with Gasteiger partial charge in [-0.15, -0.1) is 0 Å². The zero-order chi connectivity index (χ0) is 14.7. The van der Waals surface area contributed by atoms with Gasteiger partial charge in [-0.25, -0.2) is 4.39 Å². The van der Waals surface area contributed by atoms with Gasteiger partial charge in [-0.05, 0) is 30.7 Å². The number of amides is 1.